The van der Waals surface area contributed by atoms with Crippen molar-refractivity contribution in [2.24, 2.45) is 5.92 Å². The number of carbonyl (C=O) groups excluding carboxylic acids is 6. The zero-order valence-corrected chi connectivity index (χ0v) is 15.3. The summed E-state index contributed by atoms with van der Waals surface area (Å²) in [7, 11) is 0. The topological polar surface area (TPSA) is 127 Å². The Morgan fingerprint density at radius 1 is 1.07 bits per heavy atom. The number of nitrogens with zero attached hydrogens (tertiary/aromatic N) is 1. The van der Waals surface area contributed by atoms with Crippen molar-refractivity contribution in [2.75, 3.05) is 26.3 Å². The van der Waals surface area contributed by atoms with Crippen LogP contribution in [0.3, 0.4) is 0 Å². The van der Waals surface area contributed by atoms with Gasteiger partial charge in [-0.15, -0.1) is 0 Å². The SMILES string of the molecule is C=O.O=CCCOCCC(CCC=O)CNC(=O)CCN1C(=O)C=CC1=O. The minimum Gasteiger partial charge on any atom is -0.381 e. The Labute approximate surface area is 158 Å². The average molecular weight is 382 g/mol. The molecule has 0 aromatic heterocycles. The Morgan fingerprint density at radius 3 is 2.30 bits per heavy atom. The summed E-state index contributed by atoms with van der Waals surface area (Å²) in [6, 6.07) is 0. The summed E-state index contributed by atoms with van der Waals surface area (Å²) >= 11 is 0. The molecule has 1 rings (SSSR count). The van der Waals surface area contributed by atoms with Gasteiger partial charge >= 0.3 is 0 Å². The molecule has 0 aromatic rings. The molecule has 1 atom stereocenters. The molecule has 27 heavy (non-hydrogen) atoms. The van der Waals surface area contributed by atoms with Crippen molar-refractivity contribution < 1.29 is 33.5 Å². The van der Waals surface area contributed by atoms with Gasteiger partial charge in [0, 0.05) is 51.1 Å². The van der Waals surface area contributed by atoms with Crippen LogP contribution in [0.4, 0.5) is 0 Å². The summed E-state index contributed by atoms with van der Waals surface area (Å²) in [6.07, 6.45) is 6.06. The molecule has 0 bridgehead atoms. The molecule has 1 N–H and O–H groups in total. The van der Waals surface area contributed by atoms with E-state index in [1.54, 1.807) is 0 Å². The molecule has 3 amide bonds. The second-order valence-electron chi connectivity index (χ2n) is 5.68. The predicted molar refractivity (Wildman–Crippen MR) is 95.5 cm³/mol. The summed E-state index contributed by atoms with van der Waals surface area (Å²) in [6.45, 7) is 3.26. The van der Waals surface area contributed by atoms with Crippen LogP contribution in [0.5, 0.6) is 0 Å². The highest BCUT2D eigenvalue weighted by molar-refractivity contribution is 6.13. The molecule has 0 saturated carbocycles. The van der Waals surface area contributed by atoms with Gasteiger partial charge < -0.3 is 24.4 Å². The van der Waals surface area contributed by atoms with Gasteiger partial charge in [0.05, 0.1) is 6.61 Å². The van der Waals surface area contributed by atoms with Crippen LogP contribution in [0.1, 0.15) is 32.1 Å². The third-order valence-corrected chi connectivity index (χ3v) is 3.79. The van der Waals surface area contributed by atoms with E-state index in [1.807, 2.05) is 6.79 Å². The van der Waals surface area contributed by atoms with Crippen LogP contribution in [0.25, 0.3) is 0 Å². The molecule has 0 saturated heterocycles. The van der Waals surface area contributed by atoms with Gasteiger partial charge in [0.1, 0.15) is 19.4 Å². The van der Waals surface area contributed by atoms with E-state index in [9.17, 15) is 24.0 Å². The molecular weight excluding hydrogens is 356 g/mol. The van der Waals surface area contributed by atoms with Gasteiger partial charge in [-0.2, -0.15) is 0 Å². The van der Waals surface area contributed by atoms with E-state index in [0.717, 1.165) is 17.5 Å². The molecule has 0 aliphatic carbocycles. The number of aldehydes is 2. The van der Waals surface area contributed by atoms with Gasteiger partial charge in [0.25, 0.3) is 11.8 Å². The third-order valence-electron chi connectivity index (χ3n) is 3.79. The largest absolute Gasteiger partial charge is 0.381 e. The van der Waals surface area contributed by atoms with Crippen LogP contribution in [0, 0.1) is 5.92 Å². The first-order valence-corrected chi connectivity index (χ1v) is 8.62. The molecule has 1 aliphatic rings. The van der Waals surface area contributed by atoms with Gasteiger partial charge in [0.15, 0.2) is 0 Å². The highest BCUT2D eigenvalue weighted by Gasteiger charge is 2.23. The first-order chi connectivity index (χ1) is 13.1. The quantitative estimate of drug-likeness (QED) is 0.251. The number of rotatable bonds is 14. The molecule has 0 radical (unpaired) electrons. The standard InChI is InChI=1S/C17H24N2O6.CH2O/c20-9-1-3-14(7-12-25-11-2-10-21)13-18-15(22)6-8-19-16(23)4-5-17(19)24;1-2/h4-5,9-10,14H,1-3,6-8,11-13H2,(H,18,22);1H2. The molecular formula is C18H26N2O7. The fourth-order valence-electron chi connectivity index (χ4n) is 2.35. The minimum atomic E-state index is -0.408. The summed E-state index contributed by atoms with van der Waals surface area (Å²) in [5, 5.41) is 2.76. The number of ether oxygens (including phenoxy) is 1. The van der Waals surface area contributed by atoms with E-state index in [-0.39, 0.29) is 24.8 Å². The van der Waals surface area contributed by atoms with E-state index in [1.165, 1.54) is 12.2 Å². The lowest BCUT2D eigenvalue weighted by molar-refractivity contribution is -0.137. The number of nitrogens with one attached hydrogen (secondary N) is 1. The maximum Gasteiger partial charge on any atom is 0.253 e. The van der Waals surface area contributed by atoms with Gasteiger partial charge in [-0.25, -0.2) is 0 Å². The summed E-state index contributed by atoms with van der Waals surface area (Å²) < 4.78 is 5.31. The van der Waals surface area contributed by atoms with Crippen molar-refractivity contribution >= 4 is 37.1 Å². The molecule has 1 heterocycles. The Bertz CT molecular complexity index is 516. The molecule has 0 fully saturated rings. The highest BCUT2D eigenvalue weighted by atomic mass is 16.5. The highest BCUT2D eigenvalue weighted by Crippen LogP contribution is 2.10. The van der Waals surface area contributed by atoms with Gasteiger partial charge in [-0.3, -0.25) is 19.3 Å². The minimum absolute atomic E-state index is 0.0371. The van der Waals surface area contributed by atoms with E-state index in [4.69, 9.17) is 9.53 Å². The van der Waals surface area contributed by atoms with Crippen molar-refractivity contribution in [1.82, 2.24) is 10.2 Å². The first kappa shape index (κ1) is 24.3. The van der Waals surface area contributed by atoms with Gasteiger partial charge in [-0.05, 0) is 18.8 Å². The molecule has 9 nitrogen and oxygen atoms in total. The summed E-state index contributed by atoms with van der Waals surface area (Å²) in [5.74, 6) is -0.990. The van der Waals surface area contributed by atoms with Crippen molar-refractivity contribution in [1.29, 1.82) is 0 Å². The molecule has 0 aromatic carbocycles. The fourth-order valence-corrected chi connectivity index (χ4v) is 2.35. The van der Waals surface area contributed by atoms with Crippen LogP contribution in [-0.2, 0) is 33.5 Å². The van der Waals surface area contributed by atoms with Gasteiger partial charge in [-0.1, -0.05) is 0 Å². The normalized spacial score (nSPS) is 13.7. The molecule has 9 heteroatoms. The number of carbonyl (C=O) groups is 6. The van der Waals surface area contributed by atoms with Crippen LogP contribution >= 0.6 is 0 Å². The van der Waals surface area contributed by atoms with Crippen molar-refractivity contribution in [3.8, 4) is 0 Å². The van der Waals surface area contributed by atoms with Crippen molar-refractivity contribution in [3.63, 3.8) is 0 Å². The smallest absolute Gasteiger partial charge is 0.253 e. The maximum atomic E-state index is 11.9. The number of hydrogen-bond acceptors (Lipinski definition) is 7. The second-order valence-corrected chi connectivity index (χ2v) is 5.68. The summed E-state index contributed by atoms with van der Waals surface area (Å²) in [4.78, 5) is 64.4. The van der Waals surface area contributed by atoms with Crippen LogP contribution in [-0.4, -0.2) is 68.3 Å². The lowest BCUT2D eigenvalue weighted by atomic mass is 10.00. The predicted octanol–water partition coefficient (Wildman–Crippen LogP) is -0.176. The van der Waals surface area contributed by atoms with Crippen molar-refractivity contribution in [2.45, 2.75) is 32.1 Å². The zero-order valence-electron chi connectivity index (χ0n) is 15.3. The third kappa shape index (κ3) is 10.8. The fraction of sp³-hybridized carbons (Fsp3) is 0.556. The molecule has 1 aliphatic heterocycles. The monoisotopic (exact) mass is 382 g/mol. The Kier molecular flexibility index (Phi) is 14.0. The lowest BCUT2D eigenvalue weighted by Gasteiger charge is -2.18. The number of imide groups is 1. The first-order valence-electron chi connectivity index (χ1n) is 8.62. The number of hydrogen-bond donors (Lipinski definition) is 1. The van der Waals surface area contributed by atoms with Crippen molar-refractivity contribution in [3.05, 3.63) is 12.2 Å². The van der Waals surface area contributed by atoms with Crippen LogP contribution in [0.2, 0.25) is 0 Å². The Morgan fingerprint density at radius 2 is 1.70 bits per heavy atom. The van der Waals surface area contributed by atoms with E-state index in [0.29, 0.717) is 45.4 Å². The van der Waals surface area contributed by atoms with E-state index in [2.05, 4.69) is 5.32 Å². The number of amides is 3. The maximum absolute atomic E-state index is 11.9. The second kappa shape index (κ2) is 15.6. The van der Waals surface area contributed by atoms with E-state index < -0.39 is 11.8 Å². The zero-order chi connectivity index (χ0) is 20.5. The van der Waals surface area contributed by atoms with Gasteiger partial charge in [0.2, 0.25) is 5.91 Å². The molecule has 150 valence electrons. The average Bonchev–Trinajstić information content (AvgIpc) is 3.00. The van der Waals surface area contributed by atoms with Crippen LogP contribution < -0.4 is 5.32 Å². The van der Waals surface area contributed by atoms with Crippen LogP contribution in [0.15, 0.2) is 12.2 Å². The Balaban J connectivity index is 0.00000326. The summed E-state index contributed by atoms with van der Waals surface area (Å²) in [5.41, 5.74) is 0. The molecule has 0 spiro atoms. The molecule has 1 unspecified atom stereocenters. The van der Waals surface area contributed by atoms with E-state index >= 15 is 0 Å². The Hall–Kier alpha value is -2.68. The lowest BCUT2D eigenvalue weighted by Crippen LogP contribution is -2.36.